The van der Waals surface area contributed by atoms with E-state index in [0.717, 1.165) is 25.9 Å². The molecule has 0 aliphatic carbocycles. The van der Waals surface area contributed by atoms with E-state index in [-0.39, 0.29) is 18.5 Å². The first kappa shape index (κ1) is 12.8. The van der Waals surface area contributed by atoms with Crippen LogP contribution >= 0.6 is 12.4 Å². The smallest absolute Gasteiger partial charge is 0.213 e. The van der Waals surface area contributed by atoms with Crippen LogP contribution in [0.25, 0.3) is 0 Å². The van der Waals surface area contributed by atoms with Crippen molar-refractivity contribution in [3.8, 4) is 11.9 Å². The molecular formula is C11H14ClN3O. The molecule has 2 heterocycles. The maximum Gasteiger partial charge on any atom is 0.213 e. The van der Waals surface area contributed by atoms with E-state index in [9.17, 15) is 0 Å². The lowest BCUT2D eigenvalue weighted by atomic mass is 10.1. The Morgan fingerprint density at radius 1 is 1.38 bits per heavy atom. The zero-order chi connectivity index (χ0) is 10.5. The topological polar surface area (TPSA) is 57.9 Å². The molecule has 0 atom stereocenters. The number of aromatic nitrogens is 1. The lowest BCUT2D eigenvalue weighted by Gasteiger charge is -2.23. The van der Waals surface area contributed by atoms with E-state index in [1.165, 1.54) is 6.20 Å². The average Bonchev–Trinajstić information content (AvgIpc) is 2.31. The number of piperidine rings is 1. The molecule has 1 fully saturated rings. The van der Waals surface area contributed by atoms with Crippen molar-refractivity contribution in [3.05, 3.63) is 23.9 Å². The highest BCUT2D eigenvalue weighted by atomic mass is 35.5. The van der Waals surface area contributed by atoms with Crippen molar-refractivity contribution in [1.29, 1.82) is 5.26 Å². The highest BCUT2D eigenvalue weighted by molar-refractivity contribution is 5.85. The Bertz CT molecular complexity index is 354. The molecule has 4 nitrogen and oxygen atoms in total. The van der Waals surface area contributed by atoms with Crippen LogP contribution in [0.1, 0.15) is 18.4 Å². The van der Waals surface area contributed by atoms with Crippen molar-refractivity contribution >= 4 is 12.4 Å². The number of rotatable bonds is 2. The summed E-state index contributed by atoms with van der Waals surface area (Å²) in [6, 6.07) is 5.51. The van der Waals surface area contributed by atoms with Gasteiger partial charge in [-0.3, -0.25) is 0 Å². The van der Waals surface area contributed by atoms with Gasteiger partial charge in [-0.2, -0.15) is 5.26 Å². The number of hydrogen-bond donors (Lipinski definition) is 1. The average molecular weight is 240 g/mol. The van der Waals surface area contributed by atoms with Crippen molar-refractivity contribution in [2.75, 3.05) is 13.1 Å². The Balaban J connectivity index is 0.00000128. The molecular weight excluding hydrogens is 226 g/mol. The van der Waals surface area contributed by atoms with Gasteiger partial charge in [-0.05, 0) is 32.0 Å². The molecule has 1 saturated heterocycles. The minimum Gasteiger partial charge on any atom is -0.474 e. The molecule has 0 spiro atoms. The van der Waals surface area contributed by atoms with Crippen molar-refractivity contribution in [3.63, 3.8) is 0 Å². The van der Waals surface area contributed by atoms with Crippen molar-refractivity contribution in [2.24, 2.45) is 0 Å². The van der Waals surface area contributed by atoms with Crippen LogP contribution in [0.2, 0.25) is 0 Å². The molecule has 0 bridgehead atoms. The number of nitriles is 1. The van der Waals surface area contributed by atoms with E-state index in [1.807, 2.05) is 6.07 Å². The summed E-state index contributed by atoms with van der Waals surface area (Å²) in [6.07, 6.45) is 3.83. The van der Waals surface area contributed by atoms with Gasteiger partial charge in [0.25, 0.3) is 0 Å². The molecule has 0 saturated carbocycles. The largest absolute Gasteiger partial charge is 0.474 e. The van der Waals surface area contributed by atoms with Crippen LogP contribution in [0.5, 0.6) is 5.88 Å². The van der Waals surface area contributed by atoms with Crippen LogP contribution in [0, 0.1) is 11.3 Å². The Labute approximate surface area is 101 Å². The number of ether oxygens (including phenoxy) is 1. The minimum atomic E-state index is 0. The second kappa shape index (κ2) is 6.31. The van der Waals surface area contributed by atoms with E-state index >= 15 is 0 Å². The number of nitrogens with one attached hydrogen (secondary N) is 1. The summed E-state index contributed by atoms with van der Waals surface area (Å²) in [5, 5.41) is 11.9. The fraction of sp³-hybridized carbons (Fsp3) is 0.455. The highest BCUT2D eigenvalue weighted by Gasteiger charge is 2.14. The van der Waals surface area contributed by atoms with Crippen LogP contribution in [-0.4, -0.2) is 24.2 Å². The monoisotopic (exact) mass is 239 g/mol. The molecule has 1 aliphatic rings. The fourth-order valence-corrected chi connectivity index (χ4v) is 1.60. The van der Waals surface area contributed by atoms with Gasteiger partial charge >= 0.3 is 0 Å². The van der Waals surface area contributed by atoms with Gasteiger partial charge in [-0.15, -0.1) is 12.4 Å². The SMILES string of the molecule is Cl.N#Cc1ccc(OC2CCNCC2)nc1. The van der Waals surface area contributed by atoms with Gasteiger partial charge < -0.3 is 10.1 Å². The molecule has 0 radical (unpaired) electrons. The lowest BCUT2D eigenvalue weighted by molar-refractivity contribution is 0.156. The summed E-state index contributed by atoms with van der Waals surface area (Å²) in [5.41, 5.74) is 0.563. The standard InChI is InChI=1S/C11H13N3O.ClH/c12-7-9-1-2-11(14-8-9)15-10-3-5-13-6-4-10;/h1-2,8,10,13H,3-6H2;1H. The van der Waals surface area contributed by atoms with Gasteiger partial charge in [-0.25, -0.2) is 4.98 Å². The minimum absolute atomic E-state index is 0. The zero-order valence-electron chi connectivity index (χ0n) is 8.85. The molecule has 1 aromatic rings. The van der Waals surface area contributed by atoms with Crippen molar-refractivity contribution in [2.45, 2.75) is 18.9 Å². The number of pyridine rings is 1. The van der Waals surface area contributed by atoms with Crippen molar-refractivity contribution in [1.82, 2.24) is 10.3 Å². The van der Waals surface area contributed by atoms with Gasteiger partial charge in [0.1, 0.15) is 12.2 Å². The molecule has 5 heteroatoms. The normalized spacial score (nSPS) is 15.9. The molecule has 0 aromatic carbocycles. The number of halogens is 1. The molecule has 86 valence electrons. The molecule has 2 rings (SSSR count). The maximum absolute atomic E-state index is 8.61. The van der Waals surface area contributed by atoms with Crippen molar-refractivity contribution < 1.29 is 4.74 Å². The van der Waals surface area contributed by atoms with Crippen LogP contribution in [0.3, 0.4) is 0 Å². The van der Waals surface area contributed by atoms with Gasteiger partial charge in [0.15, 0.2) is 0 Å². The zero-order valence-corrected chi connectivity index (χ0v) is 9.67. The van der Waals surface area contributed by atoms with Crippen LogP contribution in [0.4, 0.5) is 0 Å². The summed E-state index contributed by atoms with van der Waals surface area (Å²) >= 11 is 0. The molecule has 1 aliphatic heterocycles. The predicted octanol–water partition coefficient (Wildman–Crippen LogP) is 1.51. The van der Waals surface area contributed by atoms with Gasteiger partial charge in [0.05, 0.1) is 5.56 Å². The summed E-state index contributed by atoms with van der Waals surface area (Å²) in [7, 11) is 0. The van der Waals surface area contributed by atoms with E-state index in [2.05, 4.69) is 10.3 Å². The molecule has 1 N–H and O–H groups in total. The molecule has 1 aromatic heterocycles. The quantitative estimate of drug-likeness (QED) is 0.850. The first-order valence-electron chi connectivity index (χ1n) is 5.12. The fourth-order valence-electron chi connectivity index (χ4n) is 1.60. The molecule has 0 amide bonds. The Hall–Kier alpha value is -1.31. The molecule has 16 heavy (non-hydrogen) atoms. The van der Waals surface area contributed by atoms with E-state index < -0.39 is 0 Å². The third kappa shape index (κ3) is 3.37. The summed E-state index contributed by atoms with van der Waals surface area (Å²) in [5.74, 6) is 0.612. The van der Waals surface area contributed by atoms with Gasteiger partial charge in [0, 0.05) is 12.3 Å². The third-order valence-corrected chi connectivity index (χ3v) is 2.44. The third-order valence-electron chi connectivity index (χ3n) is 2.44. The summed E-state index contributed by atoms with van der Waals surface area (Å²) in [6.45, 7) is 2.00. The van der Waals surface area contributed by atoms with Crippen LogP contribution < -0.4 is 10.1 Å². The highest BCUT2D eigenvalue weighted by Crippen LogP contribution is 2.13. The predicted molar refractivity (Wildman–Crippen MR) is 62.7 cm³/mol. The van der Waals surface area contributed by atoms with Gasteiger partial charge in [-0.1, -0.05) is 0 Å². The van der Waals surface area contributed by atoms with E-state index in [1.54, 1.807) is 12.1 Å². The van der Waals surface area contributed by atoms with Crippen LogP contribution in [0.15, 0.2) is 18.3 Å². The number of nitrogens with zero attached hydrogens (tertiary/aromatic N) is 2. The first-order chi connectivity index (χ1) is 7.38. The first-order valence-corrected chi connectivity index (χ1v) is 5.12. The van der Waals surface area contributed by atoms with E-state index in [4.69, 9.17) is 10.00 Å². The Kier molecular flexibility index (Phi) is 5.03. The maximum atomic E-state index is 8.61. The summed E-state index contributed by atoms with van der Waals surface area (Å²) < 4.78 is 5.69. The van der Waals surface area contributed by atoms with Gasteiger partial charge in [0.2, 0.25) is 5.88 Å². The Morgan fingerprint density at radius 2 is 2.12 bits per heavy atom. The summed E-state index contributed by atoms with van der Waals surface area (Å²) in [4.78, 5) is 4.08. The number of hydrogen-bond acceptors (Lipinski definition) is 4. The second-order valence-corrected chi connectivity index (χ2v) is 3.56. The van der Waals surface area contributed by atoms with E-state index in [0.29, 0.717) is 11.4 Å². The van der Waals surface area contributed by atoms with Crippen LogP contribution in [-0.2, 0) is 0 Å². The Morgan fingerprint density at radius 3 is 2.69 bits per heavy atom. The second-order valence-electron chi connectivity index (χ2n) is 3.56. The molecule has 0 unspecified atom stereocenters. The lowest BCUT2D eigenvalue weighted by Crippen LogP contribution is -2.34.